The molecule has 0 atom stereocenters. The van der Waals surface area contributed by atoms with Gasteiger partial charge in [-0.25, -0.2) is 9.97 Å². The van der Waals surface area contributed by atoms with Gasteiger partial charge in [0.25, 0.3) is 0 Å². The molecule has 2 aromatic heterocycles. The summed E-state index contributed by atoms with van der Waals surface area (Å²) in [5.41, 5.74) is 4.78. The fourth-order valence-corrected chi connectivity index (χ4v) is 2.95. The predicted octanol–water partition coefficient (Wildman–Crippen LogP) is 4.64. The molecule has 0 spiro atoms. The largest absolute Gasteiger partial charge is 0.411 e. The van der Waals surface area contributed by atoms with Gasteiger partial charge in [0.05, 0.1) is 22.9 Å². The number of hydrogen-bond acceptors (Lipinski definition) is 6. The fraction of sp³-hybridized carbons (Fsp3) is 0.0909. The van der Waals surface area contributed by atoms with E-state index in [0.717, 1.165) is 27.4 Å². The van der Waals surface area contributed by atoms with E-state index in [9.17, 15) is 0 Å². The second-order valence-corrected chi connectivity index (χ2v) is 6.55. The monoisotopic (exact) mass is 370 g/mol. The molecule has 0 saturated heterocycles. The van der Waals surface area contributed by atoms with E-state index in [-0.39, 0.29) is 5.71 Å². The van der Waals surface area contributed by atoms with Gasteiger partial charge >= 0.3 is 0 Å². The lowest BCUT2D eigenvalue weighted by molar-refractivity contribution is 0.320. The lowest BCUT2D eigenvalue weighted by Gasteiger charge is -2.05. The van der Waals surface area contributed by atoms with Crippen LogP contribution in [0.15, 0.2) is 71.0 Å². The van der Waals surface area contributed by atoms with E-state index in [4.69, 9.17) is 10.0 Å². The molecule has 4 aromatic rings. The number of fused-ring (bicyclic) bond motifs is 2. The van der Waals surface area contributed by atoms with Crippen LogP contribution in [0.2, 0.25) is 0 Å². The standard InChI is InChI=1S/C22H18N4O2/c1-14-3-7-18-16(11-14)5-9-20(24-18)21(13-23-27)26-28-22-10-6-17-12-15(2)4-8-19(17)25-22/h3-13,27H,1-2H3. The Hall–Kier alpha value is -3.80. The third-order valence-electron chi connectivity index (χ3n) is 4.34. The Labute approximate surface area is 161 Å². The van der Waals surface area contributed by atoms with Crippen molar-refractivity contribution in [1.82, 2.24) is 9.97 Å². The lowest BCUT2D eigenvalue weighted by Crippen LogP contribution is -2.08. The van der Waals surface area contributed by atoms with Gasteiger partial charge in [-0.1, -0.05) is 39.6 Å². The van der Waals surface area contributed by atoms with Crippen molar-refractivity contribution in [2.45, 2.75) is 13.8 Å². The maximum atomic E-state index is 9.00. The Morgan fingerprint density at radius 2 is 1.50 bits per heavy atom. The number of pyridine rings is 2. The summed E-state index contributed by atoms with van der Waals surface area (Å²) in [5, 5.41) is 18.2. The van der Waals surface area contributed by atoms with Crippen molar-refractivity contribution < 1.29 is 10.0 Å². The maximum Gasteiger partial charge on any atom is 0.249 e. The number of hydrogen-bond donors (Lipinski definition) is 1. The molecule has 0 unspecified atom stereocenters. The molecule has 0 radical (unpaired) electrons. The minimum absolute atomic E-state index is 0.288. The van der Waals surface area contributed by atoms with Gasteiger partial charge in [-0.3, -0.25) is 0 Å². The number of aromatic nitrogens is 2. The smallest absolute Gasteiger partial charge is 0.249 e. The van der Waals surface area contributed by atoms with E-state index < -0.39 is 0 Å². The summed E-state index contributed by atoms with van der Waals surface area (Å²) >= 11 is 0. The highest BCUT2D eigenvalue weighted by molar-refractivity contribution is 6.37. The molecule has 0 saturated carbocycles. The minimum Gasteiger partial charge on any atom is -0.411 e. The zero-order valence-corrected chi connectivity index (χ0v) is 15.5. The normalized spacial score (nSPS) is 12.1. The summed E-state index contributed by atoms with van der Waals surface area (Å²) in [6, 6.07) is 19.4. The van der Waals surface area contributed by atoms with Gasteiger partial charge in [0, 0.05) is 16.8 Å². The number of benzene rings is 2. The zero-order chi connectivity index (χ0) is 19.5. The van der Waals surface area contributed by atoms with Crippen LogP contribution in [0.25, 0.3) is 21.8 Å². The van der Waals surface area contributed by atoms with Crippen molar-refractivity contribution in [3.63, 3.8) is 0 Å². The maximum absolute atomic E-state index is 9.00. The van der Waals surface area contributed by atoms with Gasteiger partial charge in [-0.05, 0) is 50.2 Å². The zero-order valence-electron chi connectivity index (χ0n) is 15.5. The summed E-state index contributed by atoms with van der Waals surface area (Å²) in [5.74, 6) is 0.344. The number of rotatable bonds is 4. The van der Waals surface area contributed by atoms with Crippen LogP contribution in [0, 0.1) is 13.8 Å². The van der Waals surface area contributed by atoms with Crippen LogP contribution >= 0.6 is 0 Å². The first-order chi connectivity index (χ1) is 13.6. The summed E-state index contributed by atoms with van der Waals surface area (Å²) in [6.07, 6.45) is 1.19. The topological polar surface area (TPSA) is 80.0 Å². The van der Waals surface area contributed by atoms with Crippen LogP contribution in [0.1, 0.15) is 16.8 Å². The molecule has 6 heteroatoms. The van der Waals surface area contributed by atoms with E-state index in [1.165, 1.54) is 11.8 Å². The molecule has 0 aliphatic carbocycles. The second kappa shape index (κ2) is 7.44. The predicted molar refractivity (Wildman–Crippen MR) is 110 cm³/mol. The van der Waals surface area contributed by atoms with Gasteiger partial charge < -0.3 is 10.0 Å². The quantitative estimate of drug-likeness (QED) is 0.322. The van der Waals surface area contributed by atoms with Crippen LogP contribution in [0.4, 0.5) is 0 Å². The first-order valence-corrected chi connectivity index (χ1v) is 8.80. The highest BCUT2D eigenvalue weighted by atomic mass is 16.6. The Kier molecular flexibility index (Phi) is 4.68. The van der Waals surface area contributed by atoms with E-state index in [1.54, 1.807) is 6.07 Å². The van der Waals surface area contributed by atoms with Gasteiger partial charge in [0.2, 0.25) is 5.88 Å². The molecular weight excluding hydrogens is 352 g/mol. The Morgan fingerprint density at radius 1 is 0.857 bits per heavy atom. The minimum atomic E-state index is 0.288. The number of aryl methyl sites for hydroxylation is 2. The summed E-state index contributed by atoms with van der Waals surface area (Å²) in [7, 11) is 0. The summed E-state index contributed by atoms with van der Waals surface area (Å²) in [6.45, 7) is 4.07. The van der Waals surface area contributed by atoms with E-state index in [2.05, 4.69) is 32.4 Å². The van der Waals surface area contributed by atoms with Gasteiger partial charge in [-0.15, -0.1) is 0 Å². The van der Waals surface area contributed by atoms with Gasteiger partial charge in [0.15, 0.2) is 5.71 Å². The molecule has 0 amide bonds. The Morgan fingerprint density at radius 3 is 2.18 bits per heavy atom. The average Bonchev–Trinajstić information content (AvgIpc) is 2.70. The molecule has 0 aliphatic heterocycles. The first-order valence-electron chi connectivity index (χ1n) is 8.80. The molecule has 4 rings (SSSR count). The van der Waals surface area contributed by atoms with Gasteiger partial charge in [0.1, 0.15) is 0 Å². The molecular formula is C22H18N4O2. The van der Waals surface area contributed by atoms with Crippen molar-refractivity contribution in [3.05, 3.63) is 77.5 Å². The molecule has 2 heterocycles. The summed E-state index contributed by atoms with van der Waals surface area (Å²) in [4.78, 5) is 14.5. The van der Waals surface area contributed by atoms with E-state index in [1.807, 2.05) is 56.3 Å². The van der Waals surface area contributed by atoms with Crippen molar-refractivity contribution in [2.75, 3.05) is 0 Å². The molecule has 0 fully saturated rings. The molecule has 2 aromatic carbocycles. The molecule has 1 N–H and O–H groups in total. The van der Waals surface area contributed by atoms with Crippen LogP contribution in [0.5, 0.6) is 5.88 Å². The first kappa shape index (κ1) is 17.6. The van der Waals surface area contributed by atoms with E-state index in [0.29, 0.717) is 11.6 Å². The van der Waals surface area contributed by atoms with Crippen LogP contribution in [-0.2, 0) is 0 Å². The molecule has 138 valence electrons. The molecule has 6 nitrogen and oxygen atoms in total. The molecule has 28 heavy (non-hydrogen) atoms. The average molecular weight is 370 g/mol. The van der Waals surface area contributed by atoms with Crippen LogP contribution in [0.3, 0.4) is 0 Å². The van der Waals surface area contributed by atoms with E-state index >= 15 is 0 Å². The van der Waals surface area contributed by atoms with Crippen molar-refractivity contribution in [3.8, 4) is 5.88 Å². The number of nitrogens with zero attached hydrogens (tertiary/aromatic N) is 4. The van der Waals surface area contributed by atoms with Crippen molar-refractivity contribution >= 4 is 33.7 Å². The third-order valence-corrected chi connectivity index (χ3v) is 4.34. The number of oxime groups is 2. The summed E-state index contributed by atoms with van der Waals surface area (Å²) < 4.78 is 0. The lowest BCUT2D eigenvalue weighted by atomic mass is 10.1. The highest BCUT2D eigenvalue weighted by Crippen LogP contribution is 2.19. The highest BCUT2D eigenvalue weighted by Gasteiger charge is 2.07. The van der Waals surface area contributed by atoms with Crippen LogP contribution < -0.4 is 4.84 Å². The van der Waals surface area contributed by atoms with Crippen molar-refractivity contribution in [1.29, 1.82) is 0 Å². The fourth-order valence-electron chi connectivity index (χ4n) is 2.95. The van der Waals surface area contributed by atoms with Gasteiger partial charge in [-0.2, -0.15) is 0 Å². The Bertz CT molecular complexity index is 1230. The molecule has 0 bridgehead atoms. The van der Waals surface area contributed by atoms with Crippen molar-refractivity contribution in [2.24, 2.45) is 10.3 Å². The third kappa shape index (κ3) is 3.66. The van der Waals surface area contributed by atoms with Crippen LogP contribution in [-0.4, -0.2) is 27.1 Å². The SMILES string of the molecule is Cc1ccc2nc(ON=C(C=NO)c3ccc4cc(C)ccc4n3)ccc2c1. The second-order valence-electron chi connectivity index (χ2n) is 6.55. The molecule has 0 aliphatic rings. The Balaban J connectivity index is 1.66.